The Hall–Kier alpha value is -1.80. The van der Waals surface area contributed by atoms with E-state index in [1.165, 1.54) is 46.3 Å². The van der Waals surface area contributed by atoms with Gasteiger partial charge in [-0.3, -0.25) is 4.98 Å². The number of aromatic nitrogens is 2. The lowest BCUT2D eigenvalue weighted by molar-refractivity contribution is 0.687. The Balaban J connectivity index is 1.90. The molecule has 1 aromatic carbocycles. The normalized spacial score (nSPS) is 16.1. The number of halogens is 1. The van der Waals surface area contributed by atoms with Gasteiger partial charge in [-0.05, 0) is 61.9 Å². The number of aromatic amines is 1. The zero-order valence-corrected chi connectivity index (χ0v) is 13.6. The van der Waals surface area contributed by atoms with Crippen molar-refractivity contribution in [2.24, 2.45) is 5.92 Å². The van der Waals surface area contributed by atoms with Crippen LogP contribution in [-0.2, 0) is 0 Å². The van der Waals surface area contributed by atoms with Crippen LogP contribution in [-0.4, -0.2) is 9.97 Å². The van der Waals surface area contributed by atoms with Crippen LogP contribution in [0.3, 0.4) is 0 Å². The Morgan fingerprint density at radius 1 is 1.14 bits per heavy atom. The van der Waals surface area contributed by atoms with Gasteiger partial charge in [-0.15, -0.1) is 0 Å². The molecule has 0 bridgehead atoms. The first-order valence-corrected chi connectivity index (χ1v) is 8.22. The third-order valence-corrected chi connectivity index (χ3v) is 5.13. The third-order valence-electron chi connectivity index (χ3n) is 4.88. The van der Waals surface area contributed by atoms with Crippen molar-refractivity contribution in [3.8, 4) is 0 Å². The van der Waals surface area contributed by atoms with Crippen LogP contribution in [0.2, 0.25) is 5.02 Å². The first-order chi connectivity index (χ1) is 10.6. The number of nitrogens with one attached hydrogen (secondary N) is 1. The molecule has 1 fully saturated rings. The van der Waals surface area contributed by atoms with Crippen LogP contribution in [0.4, 0.5) is 0 Å². The summed E-state index contributed by atoms with van der Waals surface area (Å²) in [6.45, 7) is 4.31. The number of H-pyrrole nitrogens is 1. The van der Waals surface area contributed by atoms with E-state index in [1.54, 1.807) is 0 Å². The van der Waals surface area contributed by atoms with Crippen molar-refractivity contribution in [2.75, 3.05) is 0 Å². The molecule has 1 aliphatic rings. The summed E-state index contributed by atoms with van der Waals surface area (Å²) < 4.78 is 0. The van der Waals surface area contributed by atoms with Crippen LogP contribution in [0.25, 0.3) is 10.9 Å². The molecule has 0 spiro atoms. The van der Waals surface area contributed by atoms with Gasteiger partial charge in [0.25, 0.3) is 0 Å². The number of hydrogen-bond acceptors (Lipinski definition) is 1. The molecule has 2 heterocycles. The van der Waals surface area contributed by atoms with E-state index < -0.39 is 0 Å². The van der Waals surface area contributed by atoms with Gasteiger partial charge in [-0.1, -0.05) is 23.7 Å². The standard InChI is InChI=1S/C19H19ClN2/c1-11-12(2)22-18-16(11)9-10-21-19(18)17(13-3-4-13)14-5-7-15(20)8-6-14/h5-10,13,17,22H,3-4H2,1-2H3. The molecule has 2 aromatic heterocycles. The molecule has 1 N–H and O–H groups in total. The Labute approximate surface area is 135 Å². The predicted molar refractivity (Wildman–Crippen MR) is 91.6 cm³/mol. The summed E-state index contributed by atoms with van der Waals surface area (Å²) in [5.74, 6) is 1.06. The van der Waals surface area contributed by atoms with Crippen molar-refractivity contribution in [1.82, 2.24) is 9.97 Å². The molecule has 0 saturated heterocycles. The Morgan fingerprint density at radius 2 is 1.86 bits per heavy atom. The molecule has 0 aliphatic heterocycles. The summed E-state index contributed by atoms with van der Waals surface area (Å²) in [6, 6.07) is 10.4. The minimum absolute atomic E-state index is 0.360. The van der Waals surface area contributed by atoms with Crippen molar-refractivity contribution in [3.05, 3.63) is 64.1 Å². The largest absolute Gasteiger partial charge is 0.357 e. The molecule has 3 aromatic rings. The van der Waals surface area contributed by atoms with Gasteiger partial charge in [0.1, 0.15) is 0 Å². The van der Waals surface area contributed by atoms with E-state index in [2.05, 4.69) is 37.0 Å². The Kier molecular flexibility index (Phi) is 3.23. The summed E-state index contributed by atoms with van der Waals surface area (Å²) >= 11 is 6.05. The molecule has 112 valence electrons. The lowest BCUT2D eigenvalue weighted by Gasteiger charge is -2.17. The zero-order chi connectivity index (χ0) is 15.3. The lowest BCUT2D eigenvalue weighted by Crippen LogP contribution is -2.06. The first-order valence-electron chi connectivity index (χ1n) is 7.84. The molecule has 3 heteroatoms. The van der Waals surface area contributed by atoms with Gasteiger partial charge in [-0.25, -0.2) is 0 Å². The molecular formula is C19H19ClN2. The SMILES string of the molecule is Cc1[nH]c2c(C(c3ccc(Cl)cc3)C3CC3)nccc2c1C. The maximum absolute atomic E-state index is 6.05. The van der Waals surface area contributed by atoms with E-state index in [0.29, 0.717) is 11.8 Å². The molecule has 1 atom stereocenters. The highest BCUT2D eigenvalue weighted by molar-refractivity contribution is 6.30. The van der Waals surface area contributed by atoms with Gasteiger partial charge in [0.15, 0.2) is 0 Å². The molecule has 22 heavy (non-hydrogen) atoms. The maximum atomic E-state index is 6.05. The quantitative estimate of drug-likeness (QED) is 0.691. The highest BCUT2D eigenvalue weighted by Crippen LogP contribution is 2.47. The maximum Gasteiger partial charge on any atom is 0.0721 e. The fraction of sp³-hybridized carbons (Fsp3) is 0.316. The van der Waals surface area contributed by atoms with Gasteiger partial charge in [-0.2, -0.15) is 0 Å². The Morgan fingerprint density at radius 3 is 2.55 bits per heavy atom. The van der Waals surface area contributed by atoms with E-state index in [0.717, 1.165) is 5.02 Å². The number of benzene rings is 1. The summed E-state index contributed by atoms with van der Waals surface area (Å²) in [5.41, 5.74) is 6.25. The van der Waals surface area contributed by atoms with Crippen LogP contribution >= 0.6 is 11.6 Å². The highest BCUT2D eigenvalue weighted by atomic mass is 35.5. The molecule has 1 aliphatic carbocycles. The minimum Gasteiger partial charge on any atom is -0.357 e. The van der Waals surface area contributed by atoms with Crippen LogP contribution in [0.5, 0.6) is 0 Å². The van der Waals surface area contributed by atoms with Gasteiger partial charge in [0, 0.05) is 28.2 Å². The number of pyridine rings is 1. The number of hydrogen-bond donors (Lipinski definition) is 1. The van der Waals surface area contributed by atoms with Gasteiger partial charge < -0.3 is 4.98 Å². The van der Waals surface area contributed by atoms with Gasteiger partial charge in [0.05, 0.1) is 11.2 Å². The van der Waals surface area contributed by atoms with Crippen molar-refractivity contribution in [1.29, 1.82) is 0 Å². The summed E-state index contributed by atoms with van der Waals surface area (Å²) in [6.07, 6.45) is 4.51. The van der Waals surface area contributed by atoms with E-state index >= 15 is 0 Å². The molecule has 2 nitrogen and oxygen atoms in total. The van der Waals surface area contributed by atoms with Crippen molar-refractivity contribution >= 4 is 22.5 Å². The average Bonchev–Trinajstić information content (AvgIpc) is 3.30. The summed E-state index contributed by atoms with van der Waals surface area (Å²) in [5, 5.41) is 2.08. The number of aryl methyl sites for hydroxylation is 2. The molecule has 1 saturated carbocycles. The second kappa shape index (κ2) is 5.13. The van der Waals surface area contributed by atoms with Crippen LogP contribution in [0, 0.1) is 19.8 Å². The van der Waals surface area contributed by atoms with E-state index in [9.17, 15) is 0 Å². The fourth-order valence-electron chi connectivity index (χ4n) is 3.39. The second-order valence-electron chi connectivity index (χ2n) is 6.36. The number of fused-ring (bicyclic) bond motifs is 1. The fourth-order valence-corrected chi connectivity index (χ4v) is 3.52. The molecular weight excluding hydrogens is 292 g/mol. The Bertz CT molecular complexity index is 829. The van der Waals surface area contributed by atoms with Gasteiger partial charge in [0.2, 0.25) is 0 Å². The highest BCUT2D eigenvalue weighted by Gasteiger charge is 2.35. The van der Waals surface area contributed by atoms with Gasteiger partial charge >= 0.3 is 0 Å². The topological polar surface area (TPSA) is 28.7 Å². The monoisotopic (exact) mass is 310 g/mol. The third kappa shape index (κ3) is 2.22. The van der Waals surface area contributed by atoms with Crippen molar-refractivity contribution in [3.63, 3.8) is 0 Å². The number of rotatable bonds is 3. The molecule has 0 radical (unpaired) electrons. The van der Waals surface area contributed by atoms with Crippen molar-refractivity contribution < 1.29 is 0 Å². The first kappa shape index (κ1) is 13.8. The van der Waals surface area contributed by atoms with Crippen molar-refractivity contribution in [2.45, 2.75) is 32.6 Å². The van der Waals surface area contributed by atoms with Crippen LogP contribution < -0.4 is 0 Å². The molecule has 4 rings (SSSR count). The average molecular weight is 311 g/mol. The molecule has 0 amide bonds. The second-order valence-corrected chi connectivity index (χ2v) is 6.80. The van der Waals surface area contributed by atoms with E-state index in [-0.39, 0.29) is 0 Å². The number of nitrogens with zero attached hydrogens (tertiary/aromatic N) is 1. The summed E-state index contributed by atoms with van der Waals surface area (Å²) in [4.78, 5) is 8.31. The minimum atomic E-state index is 0.360. The zero-order valence-electron chi connectivity index (χ0n) is 12.9. The summed E-state index contributed by atoms with van der Waals surface area (Å²) in [7, 11) is 0. The predicted octanol–water partition coefficient (Wildman–Crippen LogP) is 5.38. The van der Waals surface area contributed by atoms with E-state index in [4.69, 9.17) is 16.6 Å². The van der Waals surface area contributed by atoms with Crippen LogP contribution in [0.1, 0.15) is 41.3 Å². The smallest absolute Gasteiger partial charge is 0.0721 e. The lowest BCUT2D eigenvalue weighted by atomic mass is 9.89. The molecule has 1 unspecified atom stereocenters. The van der Waals surface area contributed by atoms with Crippen LogP contribution in [0.15, 0.2) is 36.5 Å². The van der Waals surface area contributed by atoms with E-state index in [1.807, 2.05) is 18.3 Å².